The molecular formula is C24H24N4O2. The second-order valence-electron chi connectivity index (χ2n) is 7.75. The predicted molar refractivity (Wildman–Crippen MR) is 115 cm³/mol. The zero-order valence-corrected chi connectivity index (χ0v) is 17.0. The summed E-state index contributed by atoms with van der Waals surface area (Å²) in [7, 11) is 0. The van der Waals surface area contributed by atoms with Gasteiger partial charge in [0.15, 0.2) is 0 Å². The first kappa shape index (κ1) is 18.6. The van der Waals surface area contributed by atoms with Crippen molar-refractivity contribution in [2.45, 2.75) is 45.1 Å². The Labute approximate surface area is 175 Å². The van der Waals surface area contributed by atoms with E-state index in [2.05, 4.69) is 28.8 Å². The molecule has 6 heteroatoms. The zero-order chi connectivity index (χ0) is 20.5. The molecule has 0 atom stereocenters. The fourth-order valence-corrected chi connectivity index (χ4v) is 4.33. The monoisotopic (exact) mass is 400 g/mol. The zero-order valence-electron chi connectivity index (χ0n) is 17.0. The first-order valence-corrected chi connectivity index (χ1v) is 10.6. The molecule has 4 aromatic rings. The normalized spacial score (nSPS) is 14.4. The van der Waals surface area contributed by atoms with Gasteiger partial charge in [-0.1, -0.05) is 54.9 Å². The van der Waals surface area contributed by atoms with Gasteiger partial charge in [-0.3, -0.25) is 4.68 Å². The molecule has 0 amide bonds. The molecular weight excluding hydrogens is 376 g/mol. The van der Waals surface area contributed by atoms with Crippen LogP contribution in [-0.4, -0.2) is 25.7 Å². The minimum Gasteiger partial charge on any atom is -0.313 e. The molecule has 30 heavy (non-hydrogen) atoms. The van der Waals surface area contributed by atoms with Crippen molar-refractivity contribution < 1.29 is 9.63 Å². The van der Waals surface area contributed by atoms with Crippen molar-refractivity contribution in [3.05, 3.63) is 72.1 Å². The Morgan fingerprint density at radius 1 is 1.10 bits per heavy atom. The summed E-state index contributed by atoms with van der Waals surface area (Å²) in [5.74, 6) is -0.439. The molecule has 0 bridgehead atoms. The fourth-order valence-electron chi connectivity index (χ4n) is 4.33. The summed E-state index contributed by atoms with van der Waals surface area (Å²) >= 11 is 0. The quantitative estimate of drug-likeness (QED) is 0.481. The van der Waals surface area contributed by atoms with Gasteiger partial charge in [-0.2, -0.15) is 5.10 Å². The molecule has 0 radical (unpaired) electrons. The largest absolute Gasteiger partial charge is 0.365 e. The smallest absolute Gasteiger partial charge is 0.313 e. The number of aryl methyl sites for hydroxylation is 1. The number of carbonyl (C=O) groups is 1. The first-order chi connectivity index (χ1) is 14.7. The van der Waals surface area contributed by atoms with Gasteiger partial charge in [0, 0.05) is 10.9 Å². The van der Waals surface area contributed by atoms with Crippen LogP contribution in [0.15, 0.2) is 60.8 Å². The van der Waals surface area contributed by atoms with E-state index in [1.54, 1.807) is 18.3 Å². The maximum atomic E-state index is 12.5. The lowest BCUT2D eigenvalue weighted by molar-refractivity contribution is 0.0404. The number of rotatable bonds is 5. The fraction of sp³-hybridized carbons (Fsp3) is 0.292. The molecule has 5 rings (SSSR count). The summed E-state index contributed by atoms with van der Waals surface area (Å²) in [6.45, 7) is 2.15. The van der Waals surface area contributed by atoms with Gasteiger partial charge in [-0.05, 0) is 43.5 Å². The van der Waals surface area contributed by atoms with E-state index in [0.717, 1.165) is 28.9 Å². The molecule has 2 aromatic carbocycles. The van der Waals surface area contributed by atoms with Crippen molar-refractivity contribution in [3.63, 3.8) is 0 Å². The molecule has 0 spiro atoms. The van der Waals surface area contributed by atoms with Crippen LogP contribution in [0.4, 0.5) is 0 Å². The molecule has 1 aliphatic carbocycles. The van der Waals surface area contributed by atoms with Gasteiger partial charge in [0.25, 0.3) is 0 Å². The standard InChI is InChI=1S/C24H24N4O2/c1-2-21-20-13-12-18(16-23(20)27(26-21)19-10-6-7-11-19)22-14-15-25-28(22)30-24(29)17-8-4-3-5-9-17/h3-5,8-9,12-16,19H,2,6-7,10-11H2,1H3. The summed E-state index contributed by atoms with van der Waals surface area (Å²) in [5, 5.41) is 10.3. The molecule has 2 aromatic heterocycles. The molecule has 0 aliphatic heterocycles. The van der Waals surface area contributed by atoms with Crippen LogP contribution < -0.4 is 4.84 Å². The molecule has 0 N–H and O–H groups in total. The topological polar surface area (TPSA) is 61.9 Å². The Morgan fingerprint density at radius 2 is 1.90 bits per heavy atom. The van der Waals surface area contributed by atoms with E-state index in [0.29, 0.717) is 11.6 Å². The molecule has 0 unspecified atom stereocenters. The maximum Gasteiger partial charge on any atom is 0.365 e. The van der Waals surface area contributed by atoms with Crippen molar-refractivity contribution in [2.75, 3.05) is 0 Å². The van der Waals surface area contributed by atoms with Crippen molar-refractivity contribution in [3.8, 4) is 11.3 Å². The van der Waals surface area contributed by atoms with Crippen molar-refractivity contribution >= 4 is 16.9 Å². The number of fused-ring (bicyclic) bond motifs is 1. The summed E-state index contributed by atoms with van der Waals surface area (Å²) in [6.07, 6.45) is 7.42. The van der Waals surface area contributed by atoms with Gasteiger partial charge in [0.2, 0.25) is 0 Å². The highest BCUT2D eigenvalue weighted by Gasteiger charge is 2.22. The minimum absolute atomic E-state index is 0.439. The van der Waals surface area contributed by atoms with Gasteiger partial charge in [0.05, 0.1) is 29.0 Å². The molecule has 152 valence electrons. The SMILES string of the molecule is CCc1nn(C2CCCC2)c2cc(-c3ccnn3OC(=O)c3ccccc3)ccc12. The van der Waals surface area contributed by atoms with E-state index < -0.39 is 5.97 Å². The maximum absolute atomic E-state index is 12.5. The van der Waals surface area contributed by atoms with E-state index in [-0.39, 0.29) is 0 Å². The van der Waals surface area contributed by atoms with Crippen LogP contribution in [-0.2, 0) is 6.42 Å². The third kappa shape index (κ3) is 3.28. The summed E-state index contributed by atoms with van der Waals surface area (Å²) < 4.78 is 2.21. The minimum atomic E-state index is -0.439. The van der Waals surface area contributed by atoms with Crippen LogP contribution in [0.5, 0.6) is 0 Å². The van der Waals surface area contributed by atoms with Crippen LogP contribution in [0.2, 0.25) is 0 Å². The van der Waals surface area contributed by atoms with Gasteiger partial charge >= 0.3 is 5.97 Å². The Hall–Kier alpha value is -3.41. The van der Waals surface area contributed by atoms with Crippen molar-refractivity contribution in [2.24, 2.45) is 0 Å². The lowest BCUT2D eigenvalue weighted by atomic mass is 10.1. The van der Waals surface area contributed by atoms with E-state index in [1.165, 1.54) is 35.9 Å². The number of benzene rings is 2. The van der Waals surface area contributed by atoms with E-state index in [4.69, 9.17) is 9.94 Å². The Morgan fingerprint density at radius 3 is 2.67 bits per heavy atom. The Balaban J connectivity index is 1.52. The molecule has 1 saturated carbocycles. The van der Waals surface area contributed by atoms with Crippen LogP contribution in [0.25, 0.3) is 22.2 Å². The second-order valence-corrected chi connectivity index (χ2v) is 7.75. The summed E-state index contributed by atoms with van der Waals surface area (Å²) in [6, 6.07) is 17.6. The average molecular weight is 400 g/mol. The van der Waals surface area contributed by atoms with Gasteiger partial charge < -0.3 is 4.84 Å². The predicted octanol–water partition coefficient (Wildman–Crippen LogP) is 4.85. The Kier molecular flexibility index (Phi) is 4.83. The van der Waals surface area contributed by atoms with Gasteiger partial charge in [0.1, 0.15) is 5.69 Å². The van der Waals surface area contributed by atoms with E-state index in [9.17, 15) is 4.79 Å². The lowest BCUT2D eigenvalue weighted by Gasteiger charge is -2.12. The molecule has 6 nitrogen and oxygen atoms in total. The number of hydrogen-bond donors (Lipinski definition) is 0. The van der Waals surface area contributed by atoms with Crippen LogP contribution in [0.1, 0.15) is 54.7 Å². The number of carbonyl (C=O) groups excluding carboxylic acids is 1. The first-order valence-electron chi connectivity index (χ1n) is 10.6. The summed E-state index contributed by atoms with van der Waals surface area (Å²) in [5.41, 5.74) is 4.44. The highest BCUT2D eigenvalue weighted by Crippen LogP contribution is 2.34. The third-order valence-electron chi connectivity index (χ3n) is 5.87. The summed E-state index contributed by atoms with van der Waals surface area (Å²) in [4.78, 5) is 19.3. The van der Waals surface area contributed by atoms with E-state index >= 15 is 0 Å². The van der Waals surface area contributed by atoms with E-state index in [1.807, 2.05) is 30.3 Å². The van der Waals surface area contributed by atoms with Crippen molar-refractivity contribution in [1.82, 2.24) is 19.7 Å². The molecule has 1 fully saturated rings. The lowest BCUT2D eigenvalue weighted by Crippen LogP contribution is -2.21. The van der Waals surface area contributed by atoms with Gasteiger partial charge in [-0.25, -0.2) is 4.79 Å². The van der Waals surface area contributed by atoms with Crippen LogP contribution in [0.3, 0.4) is 0 Å². The molecule has 1 aliphatic rings. The Bertz CT molecular complexity index is 1190. The average Bonchev–Trinajstić information content (AvgIpc) is 3.53. The van der Waals surface area contributed by atoms with Crippen LogP contribution >= 0.6 is 0 Å². The van der Waals surface area contributed by atoms with Crippen LogP contribution in [0, 0.1) is 0 Å². The van der Waals surface area contributed by atoms with Gasteiger partial charge in [-0.15, -0.1) is 5.10 Å². The van der Waals surface area contributed by atoms with Crippen molar-refractivity contribution in [1.29, 1.82) is 0 Å². The third-order valence-corrected chi connectivity index (χ3v) is 5.87. The second kappa shape index (κ2) is 7.78. The molecule has 0 saturated heterocycles. The highest BCUT2D eigenvalue weighted by atomic mass is 16.7. The molecule has 2 heterocycles. The number of hydrogen-bond acceptors (Lipinski definition) is 4. The number of aromatic nitrogens is 4. The number of nitrogens with zero attached hydrogens (tertiary/aromatic N) is 4. The highest BCUT2D eigenvalue weighted by molar-refractivity contribution is 5.90.